The van der Waals surface area contributed by atoms with Gasteiger partial charge in [-0.15, -0.1) is 0 Å². The molecule has 8 heteroatoms. The second-order valence-electron chi connectivity index (χ2n) is 7.63. The number of benzene rings is 1. The predicted molar refractivity (Wildman–Crippen MR) is 102 cm³/mol. The summed E-state index contributed by atoms with van der Waals surface area (Å²) in [5, 5.41) is 23.3. The SMILES string of the molecule is O=C(O)c1ccc(-c2noc(CN3CCN([C@H]4CCCC[C@@H]4O)CC3)n2)cc1. The maximum atomic E-state index is 10.9. The first kappa shape index (κ1) is 19.0. The zero-order valence-corrected chi connectivity index (χ0v) is 15.8. The van der Waals surface area contributed by atoms with Crippen molar-refractivity contribution in [1.82, 2.24) is 19.9 Å². The molecule has 2 atom stereocenters. The summed E-state index contributed by atoms with van der Waals surface area (Å²) in [5.41, 5.74) is 0.963. The summed E-state index contributed by atoms with van der Waals surface area (Å²) in [6, 6.07) is 6.75. The summed E-state index contributed by atoms with van der Waals surface area (Å²) in [7, 11) is 0. The molecule has 2 N–H and O–H groups in total. The van der Waals surface area contributed by atoms with Crippen LogP contribution in [0.2, 0.25) is 0 Å². The summed E-state index contributed by atoms with van der Waals surface area (Å²) in [6.45, 7) is 4.31. The molecule has 0 bridgehead atoms. The van der Waals surface area contributed by atoms with Crippen LogP contribution in [0.5, 0.6) is 0 Å². The molecule has 150 valence electrons. The van der Waals surface area contributed by atoms with Crippen LogP contribution in [-0.4, -0.2) is 74.4 Å². The first-order valence-corrected chi connectivity index (χ1v) is 9.91. The molecule has 4 rings (SSSR count). The van der Waals surface area contributed by atoms with Crippen LogP contribution in [0.1, 0.15) is 41.9 Å². The molecule has 1 aliphatic heterocycles. The van der Waals surface area contributed by atoms with Gasteiger partial charge in [0, 0.05) is 37.8 Å². The normalized spacial score (nSPS) is 24.3. The third kappa shape index (κ3) is 4.24. The molecule has 2 aliphatic rings. The number of carboxylic acid groups (broad SMARTS) is 1. The van der Waals surface area contributed by atoms with Crippen LogP contribution < -0.4 is 0 Å². The highest BCUT2D eigenvalue weighted by Crippen LogP contribution is 2.24. The molecule has 0 amide bonds. The summed E-state index contributed by atoms with van der Waals surface area (Å²) < 4.78 is 5.39. The number of rotatable bonds is 5. The molecular weight excluding hydrogens is 360 g/mol. The van der Waals surface area contributed by atoms with E-state index in [0.717, 1.165) is 51.0 Å². The molecule has 1 aromatic heterocycles. The van der Waals surface area contributed by atoms with Gasteiger partial charge in [-0.1, -0.05) is 30.1 Å². The van der Waals surface area contributed by atoms with Crippen LogP contribution in [0, 0.1) is 0 Å². The van der Waals surface area contributed by atoms with Crippen molar-refractivity contribution in [2.75, 3.05) is 26.2 Å². The molecule has 1 aromatic carbocycles. The van der Waals surface area contributed by atoms with Gasteiger partial charge in [-0.05, 0) is 25.0 Å². The van der Waals surface area contributed by atoms with Crippen molar-refractivity contribution in [3.8, 4) is 11.4 Å². The Labute approximate surface area is 163 Å². The van der Waals surface area contributed by atoms with Crippen molar-refractivity contribution in [2.45, 2.75) is 44.4 Å². The number of aliphatic hydroxyl groups excluding tert-OH is 1. The number of aromatic nitrogens is 2. The Hall–Kier alpha value is -2.29. The van der Waals surface area contributed by atoms with Crippen LogP contribution in [0.25, 0.3) is 11.4 Å². The van der Waals surface area contributed by atoms with E-state index in [1.807, 2.05) is 0 Å². The average Bonchev–Trinajstić information content (AvgIpc) is 3.18. The minimum Gasteiger partial charge on any atom is -0.478 e. The number of carboxylic acids is 1. The van der Waals surface area contributed by atoms with Gasteiger partial charge >= 0.3 is 5.97 Å². The molecule has 8 nitrogen and oxygen atoms in total. The van der Waals surface area contributed by atoms with Gasteiger partial charge in [-0.2, -0.15) is 4.98 Å². The molecule has 28 heavy (non-hydrogen) atoms. The number of hydrogen-bond acceptors (Lipinski definition) is 7. The van der Waals surface area contributed by atoms with E-state index in [2.05, 4.69) is 19.9 Å². The van der Waals surface area contributed by atoms with E-state index >= 15 is 0 Å². The summed E-state index contributed by atoms with van der Waals surface area (Å²) in [6.07, 6.45) is 4.17. The largest absolute Gasteiger partial charge is 0.478 e. The Morgan fingerprint density at radius 1 is 1.11 bits per heavy atom. The summed E-state index contributed by atoms with van der Waals surface area (Å²) >= 11 is 0. The molecule has 1 aliphatic carbocycles. The topological polar surface area (TPSA) is 103 Å². The Kier molecular flexibility index (Phi) is 5.70. The highest BCUT2D eigenvalue weighted by molar-refractivity contribution is 5.88. The second-order valence-corrected chi connectivity index (χ2v) is 7.63. The first-order chi connectivity index (χ1) is 13.6. The van der Waals surface area contributed by atoms with Crippen LogP contribution in [0.15, 0.2) is 28.8 Å². The zero-order chi connectivity index (χ0) is 19.5. The number of nitrogens with zero attached hydrogens (tertiary/aromatic N) is 4. The number of aliphatic hydroxyl groups is 1. The van der Waals surface area contributed by atoms with E-state index in [9.17, 15) is 9.90 Å². The third-order valence-corrected chi connectivity index (χ3v) is 5.79. The van der Waals surface area contributed by atoms with Gasteiger partial charge in [0.15, 0.2) is 0 Å². The minimum absolute atomic E-state index is 0.189. The molecule has 2 aromatic rings. The maximum absolute atomic E-state index is 10.9. The van der Waals surface area contributed by atoms with Crippen molar-refractivity contribution < 1.29 is 19.5 Å². The molecule has 2 fully saturated rings. The maximum Gasteiger partial charge on any atom is 0.335 e. The van der Waals surface area contributed by atoms with Crippen LogP contribution in [0.3, 0.4) is 0 Å². The lowest BCUT2D eigenvalue weighted by Gasteiger charge is -2.42. The molecule has 0 radical (unpaired) electrons. The van der Waals surface area contributed by atoms with Gasteiger partial charge in [0.05, 0.1) is 18.2 Å². The van der Waals surface area contributed by atoms with E-state index in [1.54, 1.807) is 12.1 Å². The van der Waals surface area contributed by atoms with Crippen LogP contribution in [0.4, 0.5) is 0 Å². The Balaban J connectivity index is 1.32. The smallest absolute Gasteiger partial charge is 0.335 e. The number of hydrogen-bond donors (Lipinski definition) is 2. The van der Waals surface area contributed by atoms with Crippen molar-refractivity contribution in [3.63, 3.8) is 0 Å². The van der Waals surface area contributed by atoms with Crippen molar-refractivity contribution in [2.24, 2.45) is 0 Å². The van der Waals surface area contributed by atoms with Gasteiger partial charge in [0.25, 0.3) is 0 Å². The lowest BCUT2D eigenvalue weighted by Crippen LogP contribution is -2.54. The fraction of sp³-hybridized carbons (Fsp3) is 0.550. The number of carbonyl (C=O) groups is 1. The highest BCUT2D eigenvalue weighted by Gasteiger charge is 2.31. The van der Waals surface area contributed by atoms with Gasteiger partial charge in [-0.3, -0.25) is 9.80 Å². The first-order valence-electron chi connectivity index (χ1n) is 9.91. The summed E-state index contributed by atoms with van der Waals surface area (Å²) in [5.74, 6) is 0.0691. The Morgan fingerprint density at radius 3 is 2.50 bits per heavy atom. The van der Waals surface area contributed by atoms with Crippen LogP contribution in [-0.2, 0) is 6.54 Å². The van der Waals surface area contributed by atoms with Crippen LogP contribution >= 0.6 is 0 Å². The second kappa shape index (κ2) is 8.38. The lowest BCUT2D eigenvalue weighted by molar-refractivity contribution is -0.00604. The van der Waals surface area contributed by atoms with Crippen molar-refractivity contribution >= 4 is 5.97 Å². The monoisotopic (exact) mass is 386 g/mol. The molecular formula is C20H26N4O4. The average molecular weight is 386 g/mol. The van der Waals surface area contributed by atoms with Gasteiger partial charge < -0.3 is 14.7 Å². The van der Waals surface area contributed by atoms with Gasteiger partial charge in [-0.25, -0.2) is 4.79 Å². The third-order valence-electron chi connectivity index (χ3n) is 5.79. The molecule has 2 heterocycles. The fourth-order valence-electron chi connectivity index (χ4n) is 4.16. The van der Waals surface area contributed by atoms with Gasteiger partial charge in [0.1, 0.15) is 0 Å². The minimum atomic E-state index is -0.958. The quantitative estimate of drug-likeness (QED) is 0.803. The van der Waals surface area contributed by atoms with Crippen molar-refractivity contribution in [1.29, 1.82) is 0 Å². The van der Waals surface area contributed by atoms with E-state index in [1.165, 1.54) is 18.6 Å². The number of piperazine rings is 1. The number of aromatic carboxylic acids is 1. The van der Waals surface area contributed by atoms with E-state index in [4.69, 9.17) is 9.63 Å². The fourth-order valence-corrected chi connectivity index (χ4v) is 4.16. The molecule has 0 spiro atoms. The molecule has 1 saturated carbocycles. The summed E-state index contributed by atoms with van der Waals surface area (Å²) in [4.78, 5) is 20.1. The highest BCUT2D eigenvalue weighted by atomic mass is 16.5. The van der Waals surface area contributed by atoms with Crippen molar-refractivity contribution in [3.05, 3.63) is 35.7 Å². The van der Waals surface area contributed by atoms with E-state index < -0.39 is 5.97 Å². The molecule has 0 unspecified atom stereocenters. The Morgan fingerprint density at radius 2 is 1.82 bits per heavy atom. The molecule has 1 saturated heterocycles. The zero-order valence-electron chi connectivity index (χ0n) is 15.8. The predicted octanol–water partition coefficient (Wildman–Crippen LogP) is 1.86. The standard InChI is InChI=1S/C20H26N4O4/c25-17-4-2-1-3-16(17)24-11-9-23(10-12-24)13-18-21-19(22-28-18)14-5-7-15(8-6-14)20(26)27/h5-8,16-17,25H,1-4,9-13H2,(H,26,27)/t16-,17-/m0/s1. The van der Waals surface area contributed by atoms with Gasteiger partial charge in [0.2, 0.25) is 11.7 Å². The van der Waals surface area contributed by atoms with E-state index in [-0.39, 0.29) is 11.7 Å². The van der Waals surface area contributed by atoms with E-state index in [0.29, 0.717) is 24.3 Å². The lowest BCUT2D eigenvalue weighted by atomic mass is 9.91. The Bertz CT molecular complexity index is 799.